The number of nitrogens with one attached hydrogen (secondary N) is 2. The molecule has 1 aromatic rings. The summed E-state index contributed by atoms with van der Waals surface area (Å²) < 4.78 is 13.4. The van der Waals surface area contributed by atoms with Crippen LogP contribution < -0.4 is 10.6 Å². The van der Waals surface area contributed by atoms with Crippen LogP contribution in [0.1, 0.15) is 36.2 Å². The van der Waals surface area contributed by atoms with Gasteiger partial charge in [-0.2, -0.15) is 0 Å². The monoisotopic (exact) mass is 282 g/mol. The zero-order valence-corrected chi connectivity index (χ0v) is 11.6. The number of carboxylic acids is 1. The minimum Gasteiger partial charge on any atom is -0.478 e. The van der Waals surface area contributed by atoms with E-state index in [1.54, 1.807) is 6.07 Å². The summed E-state index contributed by atoms with van der Waals surface area (Å²) >= 11 is 0. The Kier molecular flexibility index (Phi) is 6.11. The summed E-state index contributed by atoms with van der Waals surface area (Å²) in [5, 5.41) is 14.5. The second-order valence-electron chi connectivity index (χ2n) is 4.77. The highest BCUT2D eigenvalue weighted by atomic mass is 19.1. The summed E-state index contributed by atoms with van der Waals surface area (Å²) in [6, 6.07) is 4.08. The fraction of sp³-hybridized carbons (Fsp3) is 0.429. The van der Waals surface area contributed by atoms with Crippen molar-refractivity contribution in [3.63, 3.8) is 0 Å². The molecule has 0 bridgehead atoms. The Hall–Kier alpha value is -1.95. The largest absolute Gasteiger partial charge is 0.478 e. The Bertz CT molecular complexity index is 489. The lowest BCUT2D eigenvalue weighted by molar-refractivity contribution is -0.121. The highest BCUT2D eigenvalue weighted by Gasteiger charge is 2.10. The average Bonchev–Trinajstić information content (AvgIpc) is 2.33. The molecule has 0 aliphatic heterocycles. The van der Waals surface area contributed by atoms with Crippen LogP contribution in [0.5, 0.6) is 0 Å². The van der Waals surface area contributed by atoms with Gasteiger partial charge in [-0.3, -0.25) is 4.79 Å². The van der Waals surface area contributed by atoms with E-state index in [1.807, 2.05) is 13.8 Å². The van der Waals surface area contributed by atoms with Gasteiger partial charge in [0, 0.05) is 25.6 Å². The number of benzene rings is 1. The van der Waals surface area contributed by atoms with Gasteiger partial charge in [0.2, 0.25) is 5.91 Å². The normalized spacial score (nSPS) is 10.6. The summed E-state index contributed by atoms with van der Waals surface area (Å²) in [5.74, 6) is -2.08. The first-order valence-corrected chi connectivity index (χ1v) is 6.42. The fourth-order valence-corrected chi connectivity index (χ4v) is 1.67. The van der Waals surface area contributed by atoms with E-state index in [0.717, 1.165) is 0 Å². The number of carbonyl (C=O) groups is 2. The van der Waals surface area contributed by atoms with Gasteiger partial charge < -0.3 is 15.7 Å². The number of carboxylic acid groups (broad SMARTS) is 1. The van der Waals surface area contributed by atoms with Crippen LogP contribution in [-0.2, 0) is 11.3 Å². The zero-order chi connectivity index (χ0) is 15.1. The fourth-order valence-electron chi connectivity index (χ4n) is 1.67. The molecule has 0 atom stereocenters. The maximum absolute atomic E-state index is 13.4. The number of amides is 1. The number of halogens is 1. The molecule has 1 amide bonds. The lowest BCUT2D eigenvalue weighted by Crippen LogP contribution is -2.32. The van der Waals surface area contributed by atoms with E-state index in [2.05, 4.69) is 10.6 Å². The molecule has 0 unspecified atom stereocenters. The standard InChI is InChI=1S/C14H19FN2O3/c1-9(2)17-13(18)5-6-16-8-10-3-4-11(14(19)20)12(15)7-10/h3-4,7,9,16H,5-6,8H2,1-2H3,(H,17,18)(H,19,20). The Balaban J connectivity index is 2.38. The predicted octanol–water partition coefficient (Wildman–Crippen LogP) is 1.53. The third-order valence-corrected chi connectivity index (χ3v) is 2.57. The highest BCUT2D eigenvalue weighted by Crippen LogP contribution is 2.10. The molecule has 0 spiro atoms. The van der Waals surface area contributed by atoms with Gasteiger partial charge >= 0.3 is 5.97 Å². The van der Waals surface area contributed by atoms with Gasteiger partial charge in [0.25, 0.3) is 0 Å². The molecule has 0 radical (unpaired) electrons. The van der Waals surface area contributed by atoms with Crippen molar-refractivity contribution in [3.05, 3.63) is 35.1 Å². The van der Waals surface area contributed by atoms with E-state index in [4.69, 9.17) is 5.11 Å². The highest BCUT2D eigenvalue weighted by molar-refractivity contribution is 5.87. The summed E-state index contributed by atoms with van der Waals surface area (Å²) in [7, 11) is 0. The lowest BCUT2D eigenvalue weighted by atomic mass is 10.1. The van der Waals surface area contributed by atoms with Gasteiger partial charge in [0.05, 0.1) is 5.56 Å². The summed E-state index contributed by atoms with van der Waals surface area (Å²) in [5.41, 5.74) is 0.293. The summed E-state index contributed by atoms with van der Waals surface area (Å²) in [4.78, 5) is 22.0. The molecule has 3 N–H and O–H groups in total. The third kappa shape index (κ3) is 5.36. The molecule has 6 heteroatoms. The Labute approximate surface area is 117 Å². The minimum absolute atomic E-state index is 0.0418. The van der Waals surface area contributed by atoms with Crippen molar-refractivity contribution < 1.29 is 19.1 Å². The third-order valence-electron chi connectivity index (χ3n) is 2.57. The summed E-state index contributed by atoms with van der Waals surface area (Å²) in [6.07, 6.45) is 0.341. The van der Waals surface area contributed by atoms with E-state index < -0.39 is 11.8 Å². The molecule has 20 heavy (non-hydrogen) atoms. The number of aromatic carboxylic acids is 1. The molecule has 0 saturated carbocycles. The second kappa shape index (κ2) is 7.59. The molecule has 0 aliphatic rings. The molecule has 0 aliphatic carbocycles. The van der Waals surface area contributed by atoms with Gasteiger partial charge in [-0.25, -0.2) is 9.18 Å². The number of carbonyl (C=O) groups excluding carboxylic acids is 1. The van der Waals surface area contributed by atoms with Crippen LogP contribution in [0.3, 0.4) is 0 Å². The van der Waals surface area contributed by atoms with Crippen LogP contribution >= 0.6 is 0 Å². The molecule has 5 nitrogen and oxygen atoms in total. The quantitative estimate of drug-likeness (QED) is 0.663. The Morgan fingerprint density at radius 2 is 2.05 bits per heavy atom. The van der Waals surface area contributed by atoms with Gasteiger partial charge in [0.1, 0.15) is 5.82 Å². The molecule has 1 aromatic carbocycles. The van der Waals surface area contributed by atoms with Gasteiger partial charge in [-0.15, -0.1) is 0 Å². The molecule has 1 rings (SSSR count). The first-order chi connectivity index (χ1) is 9.40. The first-order valence-electron chi connectivity index (χ1n) is 6.42. The van der Waals surface area contributed by atoms with Crippen molar-refractivity contribution in [1.29, 1.82) is 0 Å². The lowest BCUT2D eigenvalue weighted by Gasteiger charge is -2.09. The van der Waals surface area contributed by atoms with Gasteiger partial charge in [-0.1, -0.05) is 6.07 Å². The van der Waals surface area contributed by atoms with Crippen LogP contribution in [0.25, 0.3) is 0 Å². The van der Waals surface area contributed by atoms with E-state index in [9.17, 15) is 14.0 Å². The van der Waals surface area contributed by atoms with E-state index >= 15 is 0 Å². The Morgan fingerprint density at radius 1 is 1.35 bits per heavy atom. The molecular formula is C14H19FN2O3. The van der Waals surface area contributed by atoms with E-state index in [1.165, 1.54) is 12.1 Å². The van der Waals surface area contributed by atoms with Crippen molar-refractivity contribution in [2.75, 3.05) is 6.54 Å². The zero-order valence-electron chi connectivity index (χ0n) is 11.6. The topological polar surface area (TPSA) is 78.4 Å². The molecule has 0 fully saturated rings. The van der Waals surface area contributed by atoms with E-state index in [-0.39, 0.29) is 17.5 Å². The summed E-state index contributed by atoms with van der Waals surface area (Å²) in [6.45, 7) is 4.63. The van der Waals surface area contributed by atoms with Crippen LogP contribution in [0.15, 0.2) is 18.2 Å². The molecule has 110 valence electrons. The van der Waals surface area contributed by atoms with Crippen LogP contribution in [-0.4, -0.2) is 29.6 Å². The SMILES string of the molecule is CC(C)NC(=O)CCNCc1ccc(C(=O)O)c(F)c1. The Morgan fingerprint density at radius 3 is 2.60 bits per heavy atom. The number of hydrogen-bond donors (Lipinski definition) is 3. The minimum atomic E-state index is -1.28. The number of rotatable bonds is 7. The van der Waals surface area contributed by atoms with Crippen LogP contribution in [0, 0.1) is 5.82 Å². The van der Waals surface area contributed by atoms with Crippen molar-refractivity contribution in [2.45, 2.75) is 32.9 Å². The van der Waals surface area contributed by atoms with Crippen LogP contribution in [0.2, 0.25) is 0 Å². The maximum atomic E-state index is 13.4. The van der Waals surface area contributed by atoms with Gasteiger partial charge in [0.15, 0.2) is 0 Å². The van der Waals surface area contributed by atoms with Crippen molar-refractivity contribution >= 4 is 11.9 Å². The predicted molar refractivity (Wildman–Crippen MR) is 73.0 cm³/mol. The number of hydrogen-bond acceptors (Lipinski definition) is 3. The van der Waals surface area contributed by atoms with Gasteiger partial charge in [-0.05, 0) is 31.5 Å². The van der Waals surface area contributed by atoms with Crippen molar-refractivity contribution in [3.8, 4) is 0 Å². The molecular weight excluding hydrogens is 263 g/mol. The second-order valence-corrected chi connectivity index (χ2v) is 4.77. The van der Waals surface area contributed by atoms with Crippen molar-refractivity contribution in [1.82, 2.24) is 10.6 Å². The molecule has 0 aromatic heterocycles. The first kappa shape index (κ1) is 16.1. The van der Waals surface area contributed by atoms with E-state index in [0.29, 0.717) is 25.1 Å². The average molecular weight is 282 g/mol. The van der Waals surface area contributed by atoms with Crippen LogP contribution in [0.4, 0.5) is 4.39 Å². The molecule has 0 saturated heterocycles. The maximum Gasteiger partial charge on any atom is 0.338 e. The smallest absolute Gasteiger partial charge is 0.338 e. The van der Waals surface area contributed by atoms with Crippen molar-refractivity contribution in [2.24, 2.45) is 0 Å². The molecule has 0 heterocycles.